The van der Waals surface area contributed by atoms with Crippen LogP contribution in [0.5, 0.6) is 0 Å². The van der Waals surface area contributed by atoms with Crippen LogP contribution in [0.4, 0.5) is 0 Å². The van der Waals surface area contributed by atoms with Crippen LogP contribution in [-0.4, -0.2) is 25.7 Å². The average molecular weight is 307 g/mol. The third-order valence-corrected chi connectivity index (χ3v) is 5.58. The summed E-state index contributed by atoms with van der Waals surface area (Å²) in [6.45, 7) is 0. The molecule has 0 amide bonds. The Morgan fingerprint density at radius 2 is 1.89 bits per heavy atom. The predicted molar refractivity (Wildman–Crippen MR) is 71.9 cm³/mol. The maximum absolute atomic E-state index is 12.0. The number of rotatable bonds is 3. The largest absolute Gasteiger partial charge is 0.299 e. The summed E-state index contributed by atoms with van der Waals surface area (Å²) < 4.78 is 22.7. The van der Waals surface area contributed by atoms with Crippen LogP contribution >= 0.6 is 23.2 Å². The van der Waals surface area contributed by atoms with E-state index in [1.165, 1.54) is 0 Å². The van der Waals surface area contributed by atoms with Gasteiger partial charge in [0.15, 0.2) is 9.84 Å². The van der Waals surface area contributed by atoms with Gasteiger partial charge >= 0.3 is 0 Å². The summed E-state index contributed by atoms with van der Waals surface area (Å²) in [6.07, 6.45) is 0.502. The third kappa shape index (κ3) is 3.05. The Morgan fingerprint density at radius 1 is 1.28 bits per heavy atom. The number of carbonyl (C=O) groups excluding carboxylic acids is 1. The van der Waals surface area contributed by atoms with E-state index in [0.29, 0.717) is 22.0 Å². The van der Waals surface area contributed by atoms with Crippen molar-refractivity contribution in [3.8, 4) is 0 Å². The summed E-state index contributed by atoms with van der Waals surface area (Å²) in [4.78, 5) is 12.0. The van der Waals surface area contributed by atoms with Crippen molar-refractivity contribution >= 4 is 38.8 Å². The normalized spacial score (nSPS) is 22.0. The van der Waals surface area contributed by atoms with Gasteiger partial charge in [0, 0.05) is 22.4 Å². The minimum Gasteiger partial charge on any atom is -0.299 e. The summed E-state index contributed by atoms with van der Waals surface area (Å²) in [5.41, 5.74) is 0.579. The summed E-state index contributed by atoms with van der Waals surface area (Å²) in [5, 5.41) is 0.883. The highest BCUT2D eigenvalue weighted by Crippen LogP contribution is 2.27. The zero-order chi connectivity index (χ0) is 13.3. The monoisotopic (exact) mass is 306 g/mol. The lowest BCUT2D eigenvalue weighted by Gasteiger charge is -2.09. The highest BCUT2D eigenvalue weighted by atomic mass is 35.5. The van der Waals surface area contributed by atoms with Gasteiger partial charge in [-0.2, -0.15) is 0 Å². The topological polar surface area (TPSA) is 51.2 Å². The molecule has 0 radical (unpaired) electrons. The van der Waals surface area contributed by atoms with Crippen molar-refractivity contribution in [3.05, 3.63) is 33.8 Å². The van der Waals surface area contributed by atoms with Gasteiger partial charge in [-0.05, 0) is 24.1 Å². The van der Waals surface area contributed by atoms with Gasteiger partial charge in [0.1, 0.15) is 5.78 Å². The molecule has 1 aliphatic rings. The maximum Gasteiger partial charge on any atom is 0.151 e. The SMILES string of the molecule is O=C(Cc1c(Cl)cccc1Cl)C1CCS(=O)(=O)C1. The molecular formula is C12H12Cl2O3S. The van der Waals surface area contributed by atoms with Gasteiger partial charge in [-0.15, -0.1) is 0 Å². The lowest BCUT2D eigenvalue weighted by Crippen LogP contribution is -2.18. The van der Waals surface area contributed by atoms with Gasteiger partial charge < -0.3 is 0 Å². The van der Waals surface area contributed by atoms with Crippen molar-refractivity contribution in [2.24, 2.45) is 5.92 Å². The standard InChI is InChI=1S/C12H12Cl2O3S/c13-10-2-1-3-11(14)9(10)6-12(15)8-4-5-18(16,17)7-8/h1-3,8H,4-7H2. The molecule has 1 aliphatic heterocycles. The van der Waals surface area contributed by atoms with Crippen molar-refractivity contribution in [2.45, 2.75) is 12.8 Å². The van der Waals surface area contributed by atoms with E-state index in [-0.39, 0.29) is 23.7 Å². The quantitative estimate of drug-likeness (QED) is 0.862. The van der Waals surface area contributed by atoms with Gasteiger partial charge in [-0.25, -0.2) is 8.42 Å². The Labute approximate surface area is 116 Å². The lowest BCUT2D eigenvalue weighted by molar-refractivity contribution is -0.121. The van der Waals surface area contributed by atoms with Crippen molar-refractivity contribution in [2.75, 3.05) is 11.5 Å². The fourth-order valence-corrected chi connectivity index (χ4v) is 4.38. The molecule has 3 nitrogen and oxygen atoms in total. The molecule has 1 aromatic carbocycles. The van der Waals surface area contributed by atoms with E-state index in [4.69, 9.17) is 23.2 Å². The number of sulfone groups is 1. The Kier molecular flexibility index (Phi) is 3.99. The first kappa shape index (κ1) is 13.8. The number of hydrogen-bond donors (Lipinski definition) is 0. The number of benzene rings is 1. The van der Waals surface area contributed by atoms with Crippen LogP contribution in [0.3, 0.4) is 0 Å². The fraction of sp³-hybridized carbons (Fsp3) is 0.417. The van der Waals surface area contributed by atoms with Gasteiger partial charge in [-0.1, -0.05) is 29.3 Å². The molecule has 0 N–H and O–H groups in total. The van der Waals surface area contributed by atoms with Gasteiger partial charge in [0.2, 0.25) is 0 Å². The van der Waals surface area contributed by atoms with E-state index in [1.54, 1.807) is 18.2 Å². The second-order valence-corrected chi connectivity index (χ2v) is 7.49. The highest BCUT2D eigenvalue weighted by molar-refractivity contribution is 7.91. The molecule has 0 saturated carbocycles. The Bertz CT molecular complexity index is 561. The molecule has 1 fully saturated rings. The van der Waals surface area contributed by atoms with Gasteiger partial charge in [-0.3, -0.25) is 4.79 Å². The molecule has 0 bridgehead atoms. The smallest absolute Gasteiger partial charge is 0.151 e. The first-order valence-electron chi connectivity index (χ1n) is 5.55. The van der Waals surface area contributed by atoms with Gasteiger partial charge in [0.05, 0.1) is 11.5 Å². The number of halogens is 2. The van der Waals surface area contributed by atoms with Crippen LogP contribution < -0.4 is 0 Å². The van der Waals surface area contributed by atoms with Crippen LogP contribution in [-0.2, 0) is 21.1 Å². The highest BCUT2D eigenvalue weighted by Gasteiger charge is 2.33. The summed E-state index contributed by atoms with van der Waals surface area (Å²) in [7, 11) is -3.04. The lowest BCUT2D eigenvalue weighted by atomic mass is 9.97. The number of hydrogen-bond acceptors (Lipinski definition) is 3. The molecule has 6 heteroatoms. The molecule has 18 heavy (non-hydrogen) atoms. The molecular weight excluding hydrogens is 295 g/mol. The third-order valence-electron chi connectivity index (χ3n) is 3.10. The number of carbonyl (C=O) groups is 1. The van der Waals surface area contributed by atoms with E-state index >= 15 is 0 Å². The zero-order valence-corrected chi connectivity index (χ0v) is 11.9. The number of Topliss-reactive ketones (excluding diaryl/α,β-unsaturated/α-hetero) is 1. The first-order valence-corrected chi connectivity index (χ1v) is 8.13. The van der Waals surface area contributed by atoms with E-state index in [1.807, 2.05) is 0 Å². The fourth-order valence-electron chi connectivity index (χ4n) is 2.07. The molecule has 0 aliphatic carbocycles. The molecule has 98 valence electrons. The molecule has 2 rings (SSSR count). The van der Waals surface area contributed by atoms with E-state index in [9.17, 15) is 13.2 Å². The summed E-state index contributed by atoms with van der Waals surface area (Å²) in [5.74, 6) is -0.471. The van der Waals surface area contributed by atoms with Crippen LogP contribution in [0.1, 0.15) is 12.0 Å². The van der Waals surface area contributed by atoms with Crippen LogP contribution in [0.15, 0.2) is 18.2 Å². The maximum atomic E-state index is 12.0. The van der Waals surface area contributed by atoms with E-state index in [0.717, 1.165) is 0 Å². The molecule has 1 saturated heterocycles. The van der Waals surface area contributed by atoms with Gasteiger partial charge in [0.25, 0.3) is 0 Å². The van der Waals surface area contributed by atoms with E-state index < -0.39 is 15.8 Å². The molecule has 0 aromatic heterocycles. The molecule has 1 heterocycles. The zero-order valence-electron chi connectivity index (χ0n) is 9.53. The summed E-state index contributed by atoms with van der Waals surface area (Å²) >= 11 is 12.0. The Balaban J connectivity index is 2.13. The molecule has 0 spiro atoms. The molecule has 1 aromatic rings. The minimum absolute atomic E-state index is 0.0477. The molecule has 1 atom stereocenters. The summed E-state index contributed by atoms with van der Waals surface area (Å²) in [6, 6.07) is 5.04. The van der Waals surface area contributed by atoms with Crippen molar-refractivity contribution in [1.82, 2.24) is 0 Å². The average Bonchev–Trinajstić information content (AvgIpc) is 2.64. The number of ketones is 1. The van der Waals surface area contributed by atoms with E-state index in [2.05, 4.69) is 0 Å². The van der Waals surface area contributed by atoms with Crippen molar-refractivity contribution in [1.29, 1.82) is 0 Å². The van der Waals surface area contributed by atoms with Crippen LogP contribution in [0.2, 0.25) is 10.0 Å². The Hall–Kier alpha value is -0.580. The predicted octanol–water partition coefficient (Wildman–Crippen LogP) is 2.54. The second-order valence-electron chi connectivity index (χ2n) is 4.44. The van der Waals surface area contributed by atoms with Crippen molar-refractivity contribution in [3.63, 3.8) is 0 Å². The second kappa shape index (κ2) is 5.19. The Morgan fingerprint density at radius 3 is 2.39 bits per heavy atom. The van der Waals surface area contributed by atoms with Crippen LogP contribution in [0, 0.1) is 5.92 Å². The van der Waals surface area contributed by atoms with Crippen LogP contribution in [0.25, 0.3) is 0 Å². The molecule has 1 unspecified atom stereocenters. The first-order chi connectivity index (χ1) is 8.39. The van der Waals surface area contributed by atoms with Crippen molar-refractivity contribution < 1.29 is 13.2 Å². The minimum atomic E-state index is -3.04.